The minimum atomic E-state index is -1.12. The highest BCUT2D eigenvalue weighted by Crippen LogP contribution is 1.89. The van der Waals surface area contributed by atoms with E-state index in [1.165, 1.54) is 14.1 Å². The fraction of sp³-hybridized carbons (Fsp3) is 0.688. The van der Waals surface area contributed by atoms with Crippen molar-refractivity contribution in [2.75, 3.05) is 73.0 Å². The third-order valence-corrected chi connectivity index (χ3v) is 3.72. The zero-order chi connectivity index (χ0) is 22.4. The van der Waals surface area contributed by atoms with E-state index in [4.69, 9.17) is 15.3 Å². The predicted octanol–water partition coefficient (Wildman–Crippen LogP) is -3.36. The molecule has 0 aliphatic rings. The predicted molar refractivity (Wildman–Crippen MR) is 100 cm³/mol. The first-order valence-electron chi connectivity index (χ1n) is 8.80. The second kappa shape index (κ2) is 14.3. The van der Waals surface area contributed by atoms with E-state index in [1.807, 2.05) is 0 Å². The summed E-state index contributed by atoms with van der Waals surface area (Å²) in [4.78, 5) is 59.2. The molecular weight excluding hydrogens is 390 g/mol. The van der Waals surface area contributed by atoms with Crippen LogP contribution in [0.3, 0.4) is 0 Å². The van der Waals surface area contributed by atoms with Crippen LogP contribution >= 0.6 is 0 Å². The van der Waals surface area contributed by atoms with Gasteiger partial charge in [-0.3, -0.25) is 28.9 Å². The molecule has 0 aromatic heterocycles. The normalized spacial score (nSPS) is 10.6. The number of carboxylic acid groups (broad SMARTS) is 3. The van der Waals surface area contributed by atoms with E-state index >= 15 is 0 Å². The van der Waals surface area contributed by atoms with E-state index in [0.717, 1.165) is 9.80 Å². The molecule has 0 aromatic rings. The number of aliphatic carboxylic acids is 3. The van der Waals surface area contributed by atoms with Crippen LogP contribution in [0, 0.1) is 0 Å². The average Bonchev–Trinajstić information content (AvgIpc) is 2.59. The van der Waals surface area contributed by atoms with Crippen LogP contribution in [-0.2, 0) is 24.0 Å². The lowest BCUT2D eigenvalue weighted by Gasteiger charge is -2.21. The Bertz CT molecular complexity index is 544. The molecule has 2 amide bonds. The van der Waals surface area contributed by atoms with Crippen molar-refractivity contribution in [1.29, 1.82) is 0 Å². The number of hydrogen-bond donors (Lipinski definition) is 5. The summed E-state index contributed by atoms with van der Waals surface area (Å²) in [5.74, 6) is -4.06. The van der Waals surface area contributed by atoms with Gasteiger partial charge >= 0.3 is 17.9 Å². The molecule has 0 fully saturated rings. The number of nitrogens with one attached hydrogen (secondary N) is 2. The number of carboxylic acids is 3. The standard InChI is InChI=1S/C16H29N5O8/c1-19(9-14(24)25)12(22)7-17-3-5-21(11-16(28)29)6-4-18-8-13(23)20(2)10-15(26)27/h17-18H,3-11H2,1-2H3,(H,24,25)(H,26,27)(H,28,29). The van der Waals surface area contributed by atoms with Crippen LogP contribution in [0.2, 0.25) is 0 Å². The summed E-state index contributed by atoms with van der Waals surface area (Å²) in [6.07, 6.45) is 0. The SMILES string of the molecule is CN(CC(=O)O)C(=O)CNCCN(CCNCC(=O)N(C)CC(=O)O)CC(=O)O. The molecule has 0 aliphatic heterocycles. The maximum atomic E-state index is 11.7. The van der Waals surface area contributed by atoms with E-state index in [0.29, 0.717) is 26.2 Å². The Labute approximate surface area is 168 Å². The number of rotatable bonds is 16. The van der Waals surface area contributed by atoms with Crippen molar-refractivity contribution in [3.05, 3.63) is 0 Å². The number of carbonyl (C=O) groups excluding carboxylic acids is 2. The van der Waals surface area contributed by atoms with Gasteiger partial charge in [-0.2, -0.15) is 0 Å². The maximum Gasteiger partial charge on any atom is 0.323 e. The largest absolute Gasteiger partial charge is 0.480 e. The van der Waals surface area contributed by atoms with Gasteiger partial charge in [0.1, 0.15) is 13.1 Å². The van der Waals surface area contributed by atoms with Crippen LogP contribution in [0.5, 0.6) is 0 Å². The van der Waals surface area contributed by atoms with Crippen molar-refractivity contribution in [3.8, 4) is 0 Å². The fourth-order valence-corrected chi connectivity index (χ4v) is 2.18. The summed E-state index contributed by atoms with van der Waals surface area (Å²) < 4.78 is 0. The first kappa shape index (κ1) is 26.2. The minimum absolute atomic E-state index is 0.0760. The Balaban J connectivity index is 4.19. The highest BCUT2D eigenvalue weighted by atomic mass is 16.4. The second-order valence-electron chi connectivity index (χ2n) is 6.31. The lowest BCUT2D eigenvalue weighted by atomic mass is 10.4. The van der Waals surface area contributed by atoms with E-state index in [9.17, 15) is 24.0 Å². The van der Waals surface area contributed by atoms with Gasteiger partial charge in [0.2, 0.25) is 11.8 Å². The molecule has 0 spiro atoms. The molecule has 0 rings (SSSR count). The van der Waals surface area contributed by atoms with Crippen molar-refractivity contribution in [2.24, 2.45) is 0 Å². The zero-order valence-electron chi connectivity index (χ0n) is 16.6. The number of hydrogen-bond acceptors (Lipinski definition) is 8. The Morgan fingerprint density at radius 3 is 1.31 bits per heavy atom. The Kier molecular flexibility index (Phi) is 12.9. The molecular formula is C16H29N5O8. The molecule has 13 nitrogen and oxygen atoms in total. The second-order valence-corrected chi connectivity index (χ2v) is 6.31. The summed E-state index contributed by atoms with van der Waals surface area (Å²) in [5, 5.41) is 31.9. The van der Waals surface area contributed by atoms with Gasteiger partial charge in [0.15, 0.2) is 0 Å². The lowest BCUT2D eigenvalue weighted by molar-refractivity contribution is -0.143. The van der Waals surface area contributed by atoms with Gasteiger partial charge in [-0.25, -0.2) is 0 Å². The molecule has 5 N–H and O–H groups in total. The monoisotopic (exact) mass is 419 g/mol. The zero-order valence-corrected chi connectivity index (χ0v) is 16.6. The van der Waals surface area contributed by atoms with Gasteiger partial charge < -0.3 is 35.8 Å². The fourth-order valence-electron chi connectivity index (χ4n) is 2.18. The number of nitrogens with zero attached hydrogens (tertiary/aromatic N) is 3. The van der Waals surface area contributed by atoms with E-state index in [2.05, 4.69) is 10.6 Å². The van der Waals surface area contributed by atoms with Gasteiger partial charge in [-0.15, -0.1) is 0 Å². The Morgan fingerprint density at radius 2 is 1.00 bits per heavy atom. The highest BCUT2D eigenvalue weighted by molar-refractivity contribution is 5.83. The van der Waals surface area contributed by atoms with Crippen molar-refractivity contribution in [2.45, 2.75) is 0 Å². The molecule has 0 radical (unpaired) electrons. The topological polar surface area (TPSA) is 180 Å². The van der Waals surface area contributed by atoms with Crippen LogP contribution in [-0.4, -0.2) is 133 Å². The van der Waals surface area contributed by atoms with Crippen molar-refractivity contribution in [1.82, 2.24) is 25.3 Å². The first-order valence-corrected chi connectivity index (χ1v) is 8.80. The molecule has 0 saturated heterocycles. The number of amides is 2. The van der Waals surface area contributed by atoms with Gasteiger partial charge in [-0.05, 0) is 0 Å². The van der Waals surface area contributed by atoms with E-state index in [1.54, 1.807) is 4.90 Å². The van der Waals surface area contributed by atoms with Crippen molar-refractivity contribution in [3.63, 3.8) is 0 Å². The summed E-state index contributed by atoms with van der Waals surface area (Å²) in [6.45, 7) is 0.0488. The third kappa shape index (κ3) is 14.0. The van der Waals surface area contributed by atoms with Crippen LogP contribution in [0.4, 0.5) is 0 Å². The summed E-state index contributed by atoms with van der Waals surface area (Å²) in [6, 6.07) is 0. The molecule has 29 heavy (non-hydrogen) atoms. The highest BCUT2D eigenvalue weighted by Gasteiger charge is 2.14. The van der Waals surface area contributed by atoms with Gasteiger partial charge in [0.05, 0.1) is 19.6 Å². The molecule has 0 bridgehead atoms. The summed E-state index contributed by atoms with van der Waals surface area (Å²) in [7, 11) is 2.74. The van der Waals surface area contributed by atoms with Crippen LogP contribution in [0.25, 0.3) is 0 Å². The molecule has 0 heterocycles. The van der Waals surface area contributed by atoms with Crippen molar-refractivity contribution < 1.29 is 39.3 Å². The smallest absolute Gasteiger partial charge is 0.323 e. The quantitative estimate of drug-likeness (QED) is 0.158. The molecule has 0 aliphatic carbocycles. The molecule has 0 atom stereocenters. The molecule has 0 aromatic carbocycles. The molecule has 13 heteroatoms. The summed E-state index contributed by atoms with van der Waals surface area (Å²) >= 11 is 0. The van der Waals surface area contributed by atoms with Gasteiger partial charge in [0.25, 0.3) is 0 Å². The Morgan fingerprint density at radius 1 is 0.655 bits per heavy atom. The third-order valence-electron chi connectivity index (χ3n) is 3.72. The van der Waals surface area contributed by atoms with Crippen LogP contribution in [0.15, 0.2) is 0 Å². The molecule has 0 saturated carbocycles. The Hall–Kier alpha value is -2.77. The first-order chi connectivity index (χ1) is 13.5. The minimum Gasteiger partial charge on any atom is -0.480 e. The van der Waals surface area contributed by atoms with Crippen molar-refractivity contribution >= 4 is 29.7 Å². The van der Waals surface area contributed by atoms with E-state index in [-0.39, 0.29) is 19.6 Å². The summed E-state index contributed by atoms with van der Waals surface area (Å²) in [5.41, 5.74) is 0. The lowest BCUT2D eigenvalue weighted by Crippen LogP contribution is -2.44. The van der Waals surface area contributed by atoms with Gasteiger partial charge in [-0.1, -0.05) is 0 Å². The van der Waals surface area contributed by atoms with Crippen LogP contribution in [0.1, 0.15) is 0 Å². The van der Waals surface area contributed by atoms with Gasteiger partial charge in [0, 0.05) is 40.3 Å². The number of likely N-dealkylation sites (N-methyl/N-ethyl adjacent to an activating group) is 2. The van der Waals surface area contributed by atoms with E-state index < -0.39 is 42.8 Å². The molecule has 166 valence electrons. The average molecular weight is 419 g/mol. The maximum absolute atomic E-state index is 11.7. The number of carbonyl (C=O) groups is 5. The molecule has 0 unspecified atom stereocenters. The van der Waals surface area contributed by atoms with Crippen LogP contribution < -0.4 is 10.6 Å².